The van der Waals surface area contributed by atoms with Crippen molar-refractivity contribution in [2.24, 2.45) is 12.8 Å². The van der Waals surface area contributed by atoms with E-state index in [-0.39, 0.29) is 6.04 Å². The Morgan fingerprint density at radius 3 is 2.80 bits per heavy atom. The van der Waals surface area contributed by atoms with Crippen LogP contribution < -0.4 is 5.73 Å². The third-order valence-electron chi connectivity index (χ3n) is 3.50. The van der Waals surface area contributed by atoms with Crippen molar-refractivity contribution in [3.05, 3.63) is 51.6 Å². The highest BCUT2D eigenvalue weighted by atomic mass is 35.5. The maximum absolute atomic E-state index is 6.35. The van der Waals surface area contributed by atoms with Gasteiger partial charge in [-0.15, -0.1) is 11.3 Å². The van der Waals surface area contributed by atoms with Crippen LogP contribution in [0.2, 0.25) is 5.15 Å². The van der Waals surface area contributed by atoms with Gasteiger partial charge in [0.1, 0.15) is 5.15 Å². The Morgan fingerprint density at radius 2 is 2.15 bits per heavy atom. The number of fused-ring (bicyclic) bond motifs is 1. The number of halogens is 1. The van der Waals surface area contributed by atoms with Gasteiger partial charge in [-0.05, 0) is 30.9 Å². The smallest absolute Gasteiger partial charge is 0.130 e. The number of aromatic nitrogens is 2. The van der Waals surface area contributed by atoms with Crippen LogP contribution in [0.1, 0.15) is 22.2 Å². The summed E-state index contributed by atoms with van der Waals surface area (Å²) in [5.74, 6) is 0. The highest BCUT2D eigenvalue weighted by molar-refractivity contribution is 7.19. The van der Waals surface area contributed by atoms with E-state index in [9.17, 15) is 0 Å². The second-order valence-electron chi connectivity index (χ2n) is 4.98. The minimum atomic E-state index is -0.0483. The maximum atomic E-state index is 6.35. The van der Waals surface area contributed by atoms with Crippen LogP contribution in [-0.4, -0.2) is 9.78 Å². The minimum absolute atomic E-state index is 0.0483. The van der Waals surface area contributed by atoms with Crippen molar-refractivity contribution in [3.8, 4) is 0 Å². The largest absolute Gasteiger partial charge is 0.323 e. The van der Waals surface area contributed by atoms with Crippen molar-refractivity contribution in [3.63, 3.8) is 0 Å². The van der Waals surface area contributed by atoms with E-state index in [4.69, 9.17) is 17.3 Å². The van der Waals surface area contributed by atoms with Crippen LogP contribution in [-0.2, 0) is 13.5 Å². The molecule has 3 nitrogen and oxygen atoms in total. The third kappa shape index (κ3) is 2.35. The molecule has 20 heavy (non-hydrogen) atoms. The van der Waals surface area contributed by atoms with E-state index in [2.05, 4.69) is 29.4 Å². The molecule has 0 saturated heterocycles. The Bertz CT molecular complexity index is 727. The average molecular weight is 306 g/mol. The van der Waals surface area contributed by atoms with Gasteiger partial charge in [0, 0.05) is 28.2 Å². The topological polar surface area (TPSA) is 43.8 Å². The number of nitrogens with zero attached hydrogens (tertiary/aromatic N) is 2. The van der Waals surface area contributed by atoms with Gasteiger partial charge in [-0.3, -0.25) is 4.68 Å². The van der Waals surface area contributed by atoms with Gasteiger partial charge in [-0.25, -0.2) is 0 Å². The molecule has 0 fully saturated rings. The first-order valence-electron chi connectivity index (χ1n) is 6.48. The summed E-state index contributed by atoms with van der Waals surface area (Å²) in [4.78, 5) is 1.19. The Labute approximate surface area is 127 Å². The summed E-state index contributed by atoms with van der Waals surface area (Å²) in [6, 6.07) is 10.5. The molecule has 0 aliphatic rings. The molecule has 0 saturated carbocycles. The summed E-state index contributed by atoms with van der Waals surface area (Å²) < 4.78 is 2.97. The minimum Gasteiger partial charge on any atom is -0.323 e. The van der Waals surface area contributed by atoms with Gasteiger partial charge in [0.25, 0.3) is 0 Å². The number of rotatable bonds is 3. The molecule has 104 valence electrons. The van der Waals surface area contributed by atoms with Crippen LogP contribution in [0.25, 0.3) is 10.1 Å². The molecule has 1 aromatic carbocycles. The molecule has 0 bridgehead atoms. The normalized spacial score (nSPS) is 13.0. The van der Waals surface area contributed by atoms with Crippen LogP contribution in [0.4, 0.5) is 0 Å². The number of hydrogen-bond donors (Lipinski definition) is 1. The van der Waals surface area contributed by atoms with Gasteiger partial charge in [0.15, 0.2) is 0 Å². The first-order valence-corrected chi connectivity index (χ1v) is 7.67. The average Bonchev–Trinajstić information content (AvgIpc) is 2.95. The first-order chi connectivity index (χ1) is 9.56. The van der Waals surface area contributed by atoms with Crippen LogP contribution >= 0.6 is 22.9 Å². The van der Waals surface area contributed by atoms with Gasteiger partial charge in [0.2, 0.25) is 0 Å². The van der Waals surface area contributed by atoms with Crippen LogP contribution in [0.5, 0.6) is 0 Å². The summed E-state index contributed by atoms with van der Waals surface area (Å²) in [6.45, 7) is 1.97. The number of benzene rings is 1. The lowest BCUT2D eigenvalue weighted by molar-refractivity contribution is 0.732. The van der Waals surface area contributed by atoms with Gasteiger partial charge in [-0.2, -0.15) is 5.10 Å². The van der Waals surface area contributed by atoms with Crippen LogP contribution in [0, 0.1) is 6.92 Å². The molecule has 0 spiro atoms. The fraction of sp³-hybridized carbons (Fsp3) is 0.267. The van der Waals surface area contributed by atoms with Crippen molar-refractivity contribution in [1.29, 1.82) is 0 Å². The predicted molar refractivity (Wildman–Crippen MR) is 85.4 cm³/mol. The first kappa shape index (κ1) is 13.6. The van der Waals surface area contributed by atoms with E-state index in [1.165, 1.54) is 15.0 Å². The molecule has 2 heterocycles. The van der Waals surface area contributed by atoms with Crippen molar-refractivity contribution < 1.29 is 0 Å². The molecular formula is C15H16ClN3S. The van der Waals surface area contributed by atoms with Crippen molar-refractivity contribution >= 4 is 33.0 Å². The van der Waals surface area contributed by atoms with E-state index in [0.29, 0.717) is 11.6 Å². The highest BCUT2D eigenvalue weighted by Crippen LogP contribution is 2.32. The van der Waals surface area contributed by atoms with E-state index < -0.39 is 0 Å². The Kier molecular flexibility index (Phi) is 3.54. The molecule has 0 aliphatic heterocycles. The Morgan fingerprint density at radius 1 is 1.40 bits per heavy atom. The third-order valence-corrected chi connectivity index (χ3v) is 5.22. The summed E-state index contributed by atoms with van der Waals surface area (Å²) in [6.07, 6.45) is 0.714. The van der Waals surface area contributed by atoms with E-state index in [1.807, 2.05) is 20.0 Å². The van der Waals surface area contributed by atoms with Gasteiger partial charge in [0.05, 0.1) is 5.69 Å². The zero-order valence-electron chi connectivity index (χ0n) is 11.4. The quantitative estimate of drug-likeness (QED) is 0.799. The monoisotopic (exact) mass is 305 g/mol. The molecule has 2 N–H and O–H groups in total. The fourth-order valence-electron chi connectivity index (χ4n) is 2.41. The molecular weight excluding hydrogens is 290 g/mol. The van der Waals surface area contributed by atoms with Crippen molar-refractivity contribution in [2.45, 2.75) is 19.4 Å². The lowest BCUT2D eigenvalue weighted by Gasteiger charge is -2.09. The van der Waals surface area contributed by atoms with Gasteiger partial charge < -0.3 is 5.73 Å². The van der Waals surface area contributed by atoms with Crippen LogP contribution in [0.3, 0.4) is 0 Å². The summed E-state index contributed by atoms with van der Waals surface area (Å²) >= 11 is 8.02. The molecule has 0 radical (unpaired) electrons. The Hall–Kier alpha value is -1.36. The van der Waals surface area contributed by atoms with E-state index in [1.54, 1.807) is 16.0 Å². The van der Waals surface area contributed by atoms with Crippen molar-refractivity contribution in [2.75, 3.05) is 0 Å². The van der Waals surface area contributed by atoms with Gasteiger partial charge in [-0.1, -0.05) is 29.8 Å². The zero-order chi connectivity index (χ0) is 14.3. The number of hydrogen-bond acceptors (Lipinski definition) is 3. The molecule has 3 aromatic rings. The lowest BCUT2D eigenvalue weighted by Crippen LogP contribution is -2.12. The molecule has 0 aliphatic carbocycles. The lowest BCUT2D eigenvalue weighted by atomic mass is 10.1. The molecule has 2 aromatic heterocycles. The second kappa shape index (κ2) is 5.20. The summed E-state index contributed by atoms with van der Waals surface area (Å²) in [5.41, 5.74) is 8.35. The zero-order valence-corrected chi connectivity index (χ0v) is 13.0. The van der Waals surface area contributed by atoms with Crippen LogP contribution in [0.15, 0.2) is 30.3 Å². The fourth-order valence-corrected chi connectivity index (χ4v) is 3.73. The molecule has 3 rings (SSSR count). The number of thiophene rings is 1. The Balaban J connectivity index is 1.90. The standard InChI is InChI=1S/C15H16ClN3S/c1-9-11(15(16)19(2)18-9)8-12(17)14-7-10-5-3-4-6-13(10)20-14/h3-7,12H,8,17H2,1-2H3. The number of aryl methyl sites for hydroxylation is 2. The molecule has 1 unspecified atom stereocenters. The number of nitrogens with two attached hydrogens (primary N) is 1. The van der Waals surface area contributed by atoms with E-state index in [0.717, 1.165) is 11.3 Å². The molecule has 5 heteroatoms. The summed E-state index contributed by atoms with van der Waals surface area (Å²) in [5, 5.41) is 6.26. The maximum Gasteiger partial charge on any atom is 0.130 e. The SMILES string of the molecule is Cc1nn(C)c(Cl)c1CC(N)c1cc2ccccc2s1. The van der Waals surface area contributed by atoms with E-state index >= 15 is 0 Å². The predicted octanol–water partition coefficient (Wildman–Crippen LogP) is 3.84. The summed E-state index contributed by atoms with van der Waals surface area (Å²) in [7, 11) is 1.85. The van der Waals surface area contributed by atoms with Crippen molar-refractivity contribution in [1.82, 2.24) is 9.78 Å². The molecule has 0 amide bonds. The van der Waals surface area contributed by atoms with Gasteiger partial charge >= 0.3 is 0 Å². The second-order valence-corrected chi connectivity index (χ2v) is 6.45. The molecule has 1 atom stereocenters. The highest BCUT2D eigenvalue weighted by Gasteiger charge is 2.17.